The molecule has 476 valence electrons. The third-order valence-corrected chi connectivity index (χ3v) is 15.4. The fourth-order valence-electron chi connectivity index (χ4n) is 9.19. The Morgan fingerprint density at radius 3 is 1.19 bits per heavy atom. The number of nitrogens with one attached hydrogen (secondary N) is 1. The molecule has 3 unspecified atom stereocenters. The summed E-state index contributed by atoms with van der Waals surface area (Å²) in [6.45, 7) is 6.85. The normalized spacial score (nSPS) is 14.3. The van der Waals surface area contributed by atoms with Crippen molar-refractivity contribution in [1.29, 1.82) is 0 Å². The van der Waals surface area contributed by atoms with E-state index in [1.165, 1.54) is 116 Å². The van der Waals surface area contributed by atoms with Crippen LogP contribution in [0.3, 0.4) is 0 Å². The van der Waals surface area contributed by atoms with Gasteiger partial charge in [0.05, 0.1) is 33.8 Å². The Bertz CT molecular complexity index is 1830. The van der Waals surface area contributed by atoms with Crippen LogP contribution in [0, 0.1) is 0 Å². The SMILES string of the molecule is CC/C=C\C/C=C\C/C=C\C/C=C\C/C=C\CCCCCCCCCCCC(=O)NC(COP(=O)(O)OCC[N+](C)(C)C)C(/C=C\CCCCCCCCCCCCC)OC(=O)CCCCC/C=C\C/C=C\C/C=C\C/C=C\CCCCC. The van der Waals surface area contributed by atoms with E-state index in [9.17, 15) is 19.0 Å². The summed E-state index contributed by atoms with van der Waals surface area (Å²) in [4.78, 5) is 37.9. The molecule has 0 aromatic heterocycles. The minimum absolute atomic E-state index is 0.0276. The molecule has 0 aromatic carbocycles. The molecule has 2 N–H and O–H groups in total. The smallest absolute Gasteiger partial charge is 0.456 e. The summed E-state index contributed by atoms with van der Waals surface area (Å²) in [5.74, 6) is -0.551. The molecule has 10 heteroatoms. The van der Waals surface area contributed by atoms with E-state index in [0.717, 1.165) is 122 Å². The summed E-state index contributed by atoms with van der Waals surface area (Å²) < 4.78 is 30.8. The van der Waals surface area contributed by atoms with Crippen LogP contribution < -0.4 is 5.32 Å². The lowest BCUT2D eigenvalue weighted by atomic mass is 10.0. The number of esters is 1. The van der Waals surface area contributed by atoms with E-state index in [1.54, 1.807) is 0 Å². The lowest BCUT2D eigenvalue weighted by Gasteiger charge is -2.27. The van der Waals surface area contributed by atoms with Crippen molar-refractivity contribution in [3.05, 3.63) is 122 Å². The number of carbonyl (C=O) groups excluding carboxylic acids is 2. The number of phosphoric acid groups is 1. The quantitative estimate of drug-likeness (QED) is 0.0205. The zero-order valence-electron chi connectivity index (χ0n) is 54.4. The summed E-state index contributed by atoms with van der Waals surface area (Å²) in [5, 5.41) is 3.05. The van der Waals surface area contributed by atoms with Crippen molar-refractivity contribution < 1.29 is 37.3 Å². The topological polar surface area (TPSA) is 111 Å². The van der Waals surface area contributed by atoms with Gasteiger partial charge in [-0.2, -0.15) is 0 Å². The van der Waals surface area contributed by atoms with E-state index >= 15 is 0 Å². The van der Waals surface area contributed by atoms with E-state index in [0.29, 0.717) is 23.9 Å². The molecule has 0 fully saturated rings. The molecule has 0 saturated carbocycles. The second-order valence-electron chi connectivity index (χ2n) is 23.6. The number of rotatable bonds is 60. The lowest BCUT2D eigenvalue weighted by Crippen LogP contribution is -2.47. The molecule has 0 spiro atoms. The van der Waals surface area contributed by atoms with Crippen LogP contribution in [0.25, 0.3) is 0 Å². The first-order valence-corrected chi connectivity index (χ1v) is 35.4. The summed E-state index contributed by atoms with van der Waals surface area (Å²) >= 11 is 0. The molecular formula is C73H128N2O7P+. The van der Waals surface area contributed by atoms with E-state index in [4.69, 9.17) is 13.8 Å². The number of hydrogen-bond donors (Lipinski definition) is 2. The number of allylic oxidation sites excluding steroid dienone is 19. The van der Waals surface area contributed by atoms with Gasteiger partial charge in [-0.15, -0.1) is 0 Å². The van der Waals surface area contributed by atoms with Crippen molar-refractivity contribution in [3.8, 4) is 0 Å². The number of amides is 1. The number of likely N-dealkylation sites (N-methyl/N-ethyl adjacent to an activating group) is 1. The molecule has 0 saturated heterocycles. The molecule has 3 atom stereocenters. The van der Waals surface area contributed by atoms with Crippen LogP contribution in [0.1, 0.15) is 278 Å². The van der Waals surface area contributed by atoms with Crippen molar-refractivity contribution in [2.24, 2.45) is 0 Å². The highest BCUT2D eigenvalue weighted by molar-refractivity contribution is 7.47. The maximum atomic E-state index is 13.6. The van der Waals surface area contributed by atoms with Gasteiger partial charge in [-0.05, 0) is 122 Å². The first-order valence-electron chi connectivity index (χ1n) is 33.9. The zero-order valence-corrected chi connectivity index (χ0v) is 55.3. The van der Waals surface area contributed by atoms with Crippen LogP contribution in [0.5, 0.6) is 0 Å². The lowest BCUT2D eigenvalue weighted by molar-refractivity contribution is -0.870. The number of carbonyl (C=O) groups is 2. The van der Waals surface area contributed by atoms with Gasteiger partial charge in [-0.1, -0.05) is 265 Å². The third kappa shape index (κ3) is 62.8. The van der Waals surface area contributed by atoms with Gasteiger partial charge in [-0.25, -0.2) is 4.57 Å². The van der Waals surface area contributed by atoms with Crippen molar-refractivity contribution in [2.75, 3.05) is 40.9 Å². The second-order valence-corrected chi connectivity index (χ2v) is 25.1. The average Bonchev–Trinajstić information content (AvgIpc) is 3.46. The van der Waals surface area contributed by atoms with E-state index in [2.05, 4.69) is 135 Å². The highest BCUT2D eigenvalue weighted by Gasteiger charge is 2.30. The first-order chi connectivity index (χ1) is 40.4. The minimum Gasteiger partial charge on any atom is -0.456 e. The van der Waals surface area contributed by atoms with Crippen molar-refractivity contribution in [3.63, 3.8) is 0 Å². The average molecular weight is 1180 g/mol. The van der Waals surface area contributed by atoms with Gasteiger partial charge >= 0.3 is 13.8 Å². The molecular weight excluding hydrogens is 1050 g/mol. The van der Waals surface area contributed by atoms with Gasteiger partial charge < -0.3 is 19.4 Å². The van der Waals surface area contributed by atoms with Gasteiger partial charge in [-0.3, -0.25) is 18.6 Å². The zero-order chi connectivity index (χ0) is 60.7. The summed E-state index contributed by atoms with van der Waals surface area (Å²) in [5.41, 5.74) is 0. The fourth-order valence-corrected chi connectivity index (χ4v) is 9.92. The fraction of sp³-hybridized carbons (Fsp3) is 0.699. The van der Waals surface area contributed by atoms with E-state index in [-0.39, 0.29) is 31.5 Å². The number of unbranched alkanes of at least 4 members (excludes halogenated alkanes) is 26. The Hall–Kier alpha value is -3.59. The van der Waals surface area contributed by atoms with Crippen LogP contribution in [0.15, 0.2) is 122 Å². The first kappa shape index (κ1) is 79.4. The molecule has 9 nitrogen and oxygen atoms in total. The predicted octanol–water partition coefficient (Wildman–Crippen LogP) is 21.4. The molecule has 0 radical (unpaired) electrons. The van der Waals surface area contributed by atoms with Crippen LogP contribution in [0.2, 0.25) is 0 Å². The third-order valence-electron chi connectivity index (χ3n) is 14.4. The Morgan fingerprint density at radius 1 is 0.434 bits per heavy atom. The molecule has 1 amide bonds. The number of quaternary nitrogens is 1. The molecule has 0 heterocycles. The Morgan fingerprint density at radius 2 is 0.771 bits per heavy atom. The van der Waals surface area contributed by atoms with Gasteiger partial charge in [0.2, 0.25) is 5.91 Å². The summed E-state index contributed by atoms with van der Waals surface area (Å²) in [7, 11) is 1.46. The number of hydrogen-bond acceptors (Lipinski definition) is 6. The van der Waals surface area contributed by atoms with Gasteiger partial charge in [0, 0.05) is 12.8 Å². The minimum atomic E-state index is -4.47. The Labute approximate surface area is 512 Å². The highest BCUT2D eigenvalue weighted by Crippen LogP contribution is 2.43. The van der Waals surface area contributed by atoms with Crippen LogP contribution in [0.4, 0.5) is 0 Å². The molecule has 0 aliphatic rings. The number of nitrogens with zero attached hydrogens (tertiary/aromatic N) is 1. The van der Waals surface area contributed by atoms with Crippen molar-refractivity contribution in [2.45, 2.75) is 290 Å². The number of ether oxygens (including phenoxy) is 1. The van der Waals surface area contributed by atoms with Gasteiger partial charge in [0.15, 0.2) is 0 Å². The summed E-state index contributed by atoms with van der Waals surface area (Å²) in [6.07, 6.45) is 86.3. The maximum Gasteiger partial charge on any atom is 0.472 e. The van der Waals surface area contributed by atoms with Crippen molar-refractivity contribution in [1.82, 2.24) is 5.32 Å². The van der Waals surface area contributed by atoms with Crippen LogP contribution in [-0.2, 0) is 27.9 Å². The van der Waals surface area contributed by atoms with Crippen molar-refractivity contribution >= 4 is 19.7 Å². The molecule has 0 rings (SSSR count). The molecule has 83 heavy (non-hydrogen) atoms. The standard InChI is InChI=1S/C73H127N2O7P/c1-7-10-13-16-19-22-25-28-30-32-34-35-36-37-38-39-41-42-44-47-50-53-56-59-62-65-72(76)74-70(69-81-83(78,79)80-68-67-75(4,5)6)71(64-61-58-55-52-49-46-27-24-21-18-15-12-9-3)82-73(77)66-63-60-57-54-51-48-45-43-40-33-31-29-26-23-20-17-14-11-8-2/h10,13,19-20,22-23,28-31,34-35,37-38,40,43,48,51,61,64,70-71H,7-9,11-12,14-18,21,24-27,32-33,36,39,41-42,44-47,49-50,52-60,62-63,65-69H2,1-6H3,(H-,74,76,78,79)/p+1/b13-10-,22-19-,23-20-,30-28-,31-29-,35-34-,38-37-,43-40-,51-48-,64-61-. The van der Waals surface area contributed by atoms with E-state index < -0.39 is 20.0 Å². The number of phosphoric ester groups is 1. The summed E-state index contributed by atoms with van der Waals surface area (Å²) in [6, 6.07) is -0.874. The maximum absolute atomic E-state index is 13.6. The molecule has 0 bridgehead atoms. The van der Waals surface area contributed by atoms with Crippen LogP contribution in [-0.4, -0.2) is 74.3 Å². The molecule has 0 aliphatic carbocycles. The second kappa shape index (κ2) is 61.5. The van der Waals surface area contributed by atoms with Crippen LogP contribution >= 0.6 is 7.82 Å². The molecule has 0 aliphatic heterocycles. The predicted molar refractivity (Wildman–Crippen MR) is 360 cm³/mol. The highest BCUT2D eigenvalue weighted by atomic mass is 31.2. The Kier molecular flexibility index (Phi) is 58.8. The van der Waals surface area contributed by atoms with Gasteiger partial charge in [0.25, 0.3) is 0 Å². The molecule has 0 aromatic rings. The monoisotopic (exact) mass is 1180 g/mol. The Balaban J connectivity index is 5.24. The largest absolute Gasteiger partial charge is 0.472 e. The van der Waals surface area contributed by atoms with E-state index in [1.807, 2.05) is 33.3 Å². The van der Waals surface area contributed by atoms with Gasteiger partial charge in [0.1, 0.15) is 19.3 Å².